The number of alkyl halides is 6. The quantitative estimate of drug-likeness (QED) is 0.331. The molecule has 0 amide bonds. The van der Waals surface area contributed by atoms with E-state index < -0.39 is 37.8 Å². The summed E-state index contributed by atoms with van der Waals surface area (Å²) in [4.78, 5) is 10.3. The molecule has 0 aliphatic rings. The van der Waals surface area contributed by atoms with E-state index in [1.165, 1.54) is 0 Å². The van der Waals surface area contributed by atoms with Crippen molar-refractivity contribution in [2.45, 2.75) is 18.0 Å². The molecule has 0 aromatic rings. The number of hydrogen-bond donors (Lipinski definition) is 1. The lowest BCUT2D eigenvalue weighted by Gasteiger charge is -2.34. The second-order valence-corrected chi connectivity index (χ2v) is 5.22. The maximum Gasteiger partial charge on any atom is 0.438 e. The van der Waals surface area contributed by atoms with Gasteiger partial charge in [0.05, 0.1) is 22.6 Å². The molecule has 108 valence electrons. The van der Waals surface area contributed by atoms with Crippen molar-refractivity contribution in [3.63, 3.8) is 0 Å². The van der Waals surface area contributed by atoms with Crippen molar-refractivity contribution in [3.05, 3.63) is 0 Å². The average Bonchev–Trinajstić information content (AvgIpc) is 1.93. The van der Waals surface area contributed by atoms with Gasteiger partial charge >= 0.3 is 21.9 Å². The summed E-state index contributed by atoms with van der Waals surface area (Å²) in [5.41, 5.74) is -5.31. The molecule has 0 saturated carbocycles. The van der Waals surface area contributed by atoms with Gasteiger partial charge in [-0.3, -0.25) is 4.55 Å². The molecule has 0 bridgehead atoms. The molecule has 1 N–H and O–H groups in total. The molecule has 0 spiro atoms. The molecule has 0 saturated heterocycles. The number of hydrogen-bond acceptors (Lipinski definition) is 4. The predicted octanol–water partition coefficient (Wildman–Crippen LogP) is 2.31. The Hall–Kier alpha value is -0.310. The summed E-state index contributed by atoms with van der Waals surface area (Å²) >= 11 is 0.462. The van der Waals surface area contributed by atoms with Gasteiger partial charge in [-0.05, 0) is 0 Å². The fourth-order valence-corrected chi connectivity index (χ4v) is 2.14. The minimum absolute atomic E-state index is 0.462. The molecule has 5 nitrogen and oxygen atoms in total. The summed E-state index contributed by atoms with van der Waals surface area (Å²) < 4.78 is 104. The summed E-state index contributed by atoms with van der Waals surface area (Å²) in [5, 5.41) is 0. The number of halogens is 7. The first kappa shape index (κ1) is 17.7. The van der Waals surface area contributed by atoms with E-state index in [0.717, 1.165) is 0 Å². The standard InChI is InChI=1S/C5H3F6IO5S/c6-4(7,8)3(5(9,10)11,17-2(12)13)1-18(14,15)16/h1H2,(H,14,15,16). The zero-order valence-corrected chi connectivity index (χ0v) is 10.8. The van der Waals surface area contributed by atoms with Crippen molar-refractivity contribution in [2.24, 2.45) is 0 Å². The average molecular weight is 416 g/mol. The summed E-state index contributed by atoms with van der Waals surface area (Å²) in [5.74, 6) is -2.87. The monoisotopic (exact) mass is 416 g/mol. The molecule has 0 aliphatic carbocycles. The van der Waals surface area contributed by atoms with Crippen LogP contribution < -0.4 is 0 Å². The topological polar surface area (TPSA) is 80.7 Å². The molecule has 0 atom stereocenters. The van der Waals surface area contributed by atoms with E-state index in [-0.39, 0.29) is 0 Å². The zero-order valence-electron chi connectivity index (χ0n) is 7.84. The van der Waals surface area contributed by atoms with Crippen molar-refractivity contribution in [1.29, 1.82) is 0 Å². The minimum atomic E-state index is -6.28. The van der Waals surface area contributed by atoms with E-state index in [9.17, 15) is 39.6 Å². The van der Waals surface area contributed by atoms with E-state index in [0.29, 0.717) is 22.6 Å². The molecule has 0 unspecified atom stereocenters. The van der Waals surface area contributed by atoms with E-state index in [1.54, 1.807) is 0 Å². The Morgan fingerprint density at radius 2 is 1.44 bits per heavy atom. The third-order valence-corrected chi connectivity index (χ3v) is 2.55. The van der Waals surface area contributed by atoms with Crippen LogP contribution in [0.4, 0.5) is 31.1 Å². The van der Waals surface area contributed by atoms with Crippen LogP contribution in [0.2, 0.25) is 0 Å². The van der Waals surface area contributed by atoms with Crippen molar-refractivity contribution >= 4 is 36.7 Å². The van der Waals surface area contributed by atoms with Crippen molar-refractivity contribution < 1.29 is 48.8 Å². The van der Waals surface area contributed by atoms with Crippen LogP contribution in [0, 0.1) is 0 Å². The van der Waals surface area contributed by atoms with Crippen LogP contribution in [0.3, 0.4) is 0 Å². The highest BCUT2D eigenvalue weighted by molar-refractivity contribution is 14.1. The molecule has 0 aromatic carbocycles. The minimum Gasteiger partial charge on any atom is -0.431 e. The molecular formula is C5H3F6IO5S. The molecule has 0 aromatic heterocycles. The fraction of sp³-hybridized carbons (Fsp3) is 0.800. The fourth-order valence-electron chi connectivity index (χ4n) is 0.863. The van der Waals surface area contributed by atoms with Gasteiger partial charge in [-0.1, -0.05) is 0 Å². The molecule has 0 aliphatic heterocycles. The van der Waals surface area contributed by atoms with Crippen LogP contribution in [-0.2, 0) is 14.9 Å². The van der Waals surface area contributed by atoms with Gasteiger partial charge in [0, 0.05) is 0 Å². The highest BCUT2D eigenvalue weighted by Crippen LogP contribution is 2.47. The van der Waals surface area contributed by atoms with Crippen molar-refractivity contribution in [2.75, 3.05) is 5.75 Å². The number of rotatable bonds is 3. The molecule has 0 fully saturated rings. The molecule has 13 heteroatoms. The van der Waals surface area contributed by atoms with Crippen LogP contribution in [-0.4, -0.2) is 40.7 Å². The maximum atomic E-state index is 12.4. The highest BCUT2D eigenvalue weighted by atomic mass is 127. The number of carbonyl (C=O) groups excluding carboxylic acids is 1. The lowest BCUT2D eigenvalue weighted by Crippen LogP contribution is -2.63. The zero-order chi connectivity index (χ0) is 15.0. The smallest absolute Gasteiger partial charge is 0.431 e. The Kier molecular flexibility index (Phi) is 4.91. The van der Waals surface area contributed by atoms with Crippen LogP contribution >= 0.6 is 22.6 Å². The number of ether oxygens (including phenoxy) is 1. The van der Waals surface area contributed by atoms with Crippen molar-refractivity contribution in [1.82, 2.24) is 0 Å². The van der Waals surface area contributed by atoms with Gasteiger partial charge in [-0.2, -0.15) is 34.8 Å². The van der Waals surface area contributed by atoms with Gasteiger partial charge in [-0.15, -0.1) is 0 Å². The number of carbonyl (C=O) groups is 1. The molecule has 0 radical (unpaired) electrons. The molecule has 18 heavy (non-hydrogen) atoms. The second kappa shape index (κ2) is 4.99. The lowest BCUT2D eigenvalue weighted by atomic mass is 10.1. The predicted molar refractivity (Wildman–Crippen MR) is 51.8 cm³/mol. The summed E-state index contributed by atoms with van der Waals surface area (Å²) in [6.45, 7) is 0. The molecule has 0 rings (SSSR count). The SMILES string of the molecule is O=C(I)OC(CS(=O)(=O)O)(C(F)(F)F)C(F)(F)F. The van der Waals surface area contributed by atoms with E-state index in [2.05, 4.69) is 4.74 Å². The van der Waals surface area contributed by atoms with Crippen LogP contribution in [0.1, 0.15) is 0 Å². The van der Waals surface area contributed by atoms with Crippen LogP contribution in [0.5, 0.6) is 0 Å². The molecular weight excluding hydrogens is 413 g/mol. The summed E-state index contributed by atoms with van der Waals surface area (Å²) in [7, 11) is -5.71. The first-order valence-electron chi connectivity index (χ1n) is 3.59. The first-order valence-corrected chi connectivity index (χ1v) is 6.28. The van der Waals surface area contributed by atoms with Gasteiger partial charge in [0.2, 0.25) is 0 Å². The van der Waals surface area contributed by atoms with Gasteiger partial charge < -0.3 is 4.74 Å². The first-order chi connectivity index (χ1) is 7.62. The second-order valence-electron chi connectivity index (χ2n) is 2.89. The summed E-state index contributed by atoms with van der Waals surface area (Å²) in [6, 6.07) is 0. The lowest BCUT2D eigenvalue weighted by molar-refractivity contribution is -0.354. The van der Waals surface area contributed by atoms with E-state index in [4.69, 9.17) is 4.55 Å². The van der Waals surface area contributed by atoms with Gasteiger partial charge in [0.1, 0.15) is 5.75 Å². The van der Waals surface area contributed by atoms with E-state index >= 15 is 0 Å². The van der Waals surface area contributed by atoms with Crippen molar-refractivity contribution in [3.8, 4) is 0 Å². The normalized spacial score (nSPS) is 14.4. The Balaban J connectivity index is 5.97. The van der Waals surface area contributed by atoms with Gasteiger partial charge in [-0.25, -0.2) is 4.79 Å². The van der Waals surface area contributed by atoms with Gasteiger partial charge in [0.25, 0.3) is 10.1 Å². The van der Waals surface area contributed by atoms with Crippen LogP contribution in [0.15, 0.2) is 0 Å². The van der Waals surface area contributed by atoms with Gasteiger partial charge in [0.15, 0.2) is 0 Å². The van der Waals surface area contributed by atoms with Crippen LogP contribution in [0.25, 0.3) is 0 Å². The molecule has 0 heterocycles. The summed E-state index contributed by atoms with van der Waals surface area (Å²) in [6.07, 6.45) is -12.6. The Labute approximate surface area is 109 Å². The van der Waals surface area contributed by atoms with E-state index in [1.807, 2.05) is 0 Å². The third-order valence-electron chi connectivity index (χ3n) is 1.56. The Bertz CT molecular complexity index is 411. The highest BCUT2D eigenvalue weighted by Gasteiger charge is 2.75. The largest absolute Gasteiger partial charge is 0.438 e. The third kappa shape index (κ3) is 4.11. The Morgan fingerprint density at radius 1 is 1.11 bits per heavy atom. The maximum absolute atomic E-state index is 12.4. The Morgan fingerprint density at radius 3 is 1.61 bits per heavy atom.